The maximum atomic E-state index is 9.00. The molecule has 0 spiro atoms. The molecular formula is C12H28CuN2O7Si. The molecule has 143 valence electrons. The Morgan fingerprint density at radius 1 is 1.00 bits per heavy atom. The minimum atomic E-state index is -2.38. The summed E-state index contributed by atoms with van der Waals surface area (Å²) < 4.78 is 15.8. The molecule has 0 saturated heterocycles. The van der Waals surface area contributed by atoms with Gasteiger partial charge in [0.2, 0.25) is 0 Å². The fourth-order valence-electron chi connectivity index (χ4n) is 1.15. The maximum Gasteiger partial charge on any atom is 2.00 e. The van der Waals surface area contributed by atoms with E-state index in [1.807, 2.05) is 0 Å². The molecule has 0 heterocycles. The molecule has 0 aromatic carbocycles. The molecule has 0 aliphatic carbocycles. The van der Waals surface area contributed by atoms with Gasteiger partial charge in [-0.1, -0.05) is 6.42 Å². The van der Waals surface area contributed by atoms with Gasteiger partial charge in [0.15, 0.2) is 0 Å². The van der Waals surface area contributed by atoms with Crippen LogP contribution in [0.25, 0.3) is 11.1 Å². The topological polar surface area (TPSA) is 140 Å². The summed E-state index contributed by atoms with van der Waals surface area (Å²) in [7, 11) is 2.45. The quantitative estimate of drug-likeness (QED) is 0.442. The van der Waals surface area contributed by atoms with E-state index in [1.165, 1.54) is 0 Å². The number of nitrogens with zero attached hydrogens (tertiary/aromatic N) is 1. The number of carboxylic acids is 2. The first kappa shape index (κ1) is 30.4. The predicted octanol–water partition coefficient (Wildman–Crippen LogP) is 1.86. The van der Waals surface area contributed by atoms with Gasteiger partial charge in [-0.05, 0) is 0 Å². The molecule has 11 heteroatoms. The van der Waals surface area contributed by atoms with Crippen LogP contribution in [0.5, 0.6) is 0 Å². The van der Waals surface area contributed by atoms with E-state index in [0.29, 0.717) is 13.1 Å². The van der Waals surface area contributed by atoms with Gasteiger partial charge in [-0.25, -0.2) is 0 Å². The van der Waals surface area contributed by atoms with Crippen molar-refractivity contribution in [3.8, 4) is 0 Å². The summed E-state index contributed by atoms with van der Waals surface area (Å²) in [5.74, 6) is -1.67. The fraction of sp³-hybridized carbons (Fsp3) is 0.833. The van der Waals surface area contributed by atoms with Crippen LogP contribution in [0.15, 0.2) is 0 Å². The van der Waals surface area contributed by atoms with Crippen molar-refractivity contribution in [1.29, 1.82) is 0 Å². The minimum Gasteiger partial charge on any atom is -0.679 e. The predicted molar refractivity (Wildman–Crippen MR) is 85.1 cm³/mol. The number of nitrogens with one attached hydrogen (secondary N) is 1. The number of aliphatic carboxylic acids is 2. The molecule has 0 saturated carbocycles. The van der Waals surface area contributed by atoms with E-state index in [9.17, 15) is 0 Å². The smallest absolute Gasteiger partial charge is 0.679 e. The van der Waals surface area contributed by atoms with Crippen molar-refractivity contribution >= 4 is 20.7 Å². The minimum absolute atomic E-state index is 0. The number of hydrogen-bond donors (Lipinski definition) is 2. The molecule has 23 heavy (non-hydrogen) atoms. The second kappa shape index (κ2) is 21.5. The Morgan fingerprint density at radius 3 is 1.61 bits per heavy atom. The fourth-order valence-corrected chi connectivity index (χ4v) is 2.86. The third-order valence-electron chi connectivity index (χ3n) is 2.00. The van der Waals surface area contributed by atoms with Gasteiger partial charge >= 0.3 is 25.9 Å². The van der Waals surface area contributed by atoms with Crippen molar-refractivity contribution in [2.45, 2.75) is 26.3 Å². The van der Waals surface area contributed by atoms with Crippen LogP contribution < -0.4 is 0 Å². The van der Waals surface area contributed by atoms with Crippen molar-refractivity contribution in [1.82, 2.24) is 0 Å². The third-order valence-corrected chi connectivity index (χ3v) is 4.83. The van der Waals surface area contributed by atoms with E-state index in [2.05, 4.69) is 5.32 Å². The van der Waals surface area contributed by atoms with Crippen molar-refractivity contribution in [2.24, 2.45) is 0 Å². The number of carboxylic acid groups (broad SMARTS) is 2. The van der Waals surface area contributed by atoms with Gasteiger partial charge in [0, 0.05) is 41.2 Å². The SMILES string of the molecule is CC(=O)O.CC(=O)O.CO[Si](CCC[N-]CC[NH-])(OC)OC.[Cu+2]. The zero-order valence-electron chi connectivity index (χ0n) is 14.2. The van der Waals surface area contributed by atoms with Crippen LogP contribution in [0.4, 0.5) is 0 Å². The zero-order valence-corrected chi connectivity index (χ0v) is 16.2. The molecule has 0 fully saturated rings. The Bertz CT molecular complexity index is 254. The first-order valence-corrected chi connectivity index (χ1v) is 8.46. The Hall–Kier alpha value is -0.524. The van der Waals surface area contributed by atoms with Crippen molar-refractivity contribution in [3.63, 3.8) is 0 Å². The number of carbonyl (C=O) groups is 2. The number of hydrogen-bond acceptors (Lipinski definition) is 5. The Morgan fingerprint density at radius 2 is 1.35 bits per heavy atom. The van der Waals surface area contributed by atoms with E-state index in [1.54, 1.807) is 21.3 Å². The standard InChI is InChI=1S/C8H20N2O3Si.2C2H4O2.Cu/c1-11-14(12-2,13-3)8-4-6-10-7-5-9;2*1-2(3)4;/h9H,4-8H2,1-3H3;2*1H3,(H,3,4);/q-2;;;+2. The first-order valence-electron chi connectivity index (χ1n) is 6.53. The third kappa shape index (κ3) is 30.0. The first-order chi connectivity index (χ1) is 10.2. The summed E-state index contributed by atoms with van der Waals surface area (Å²) in [6.07, 6.45) is 0.891. The van der Waals surface area contributed by atoms with Gasteiger partial charge in [0.05, 0.1) is 0 Å². The summed E-state index contributed by atoms with van der Waals surface area (Å²) in [5.41, 5.74) is 6.91. The Kier molecular flexibility index (Phi) is 28.4. The molecule has 3 N–H and O–H groups in total. The van der Waals surface area contributed by atoms with E-state index in [-0.39, 0.29) is 17.1 Å². The van der Waals surface area contributed by atoms with Crippen LogP contribution in [-0.2, 0) is 39.9 Å². The largest absolute Gasteiger partial charge is 2.00 e. The molecule has 0 rings (SSSR count). The Balaban J connectivity index is -0.000000167. The molecular weight excluding hydrogens is 376 g/mol. The molecule has 0 unspecified atom stereocenters. The second-order valence-corrected chi connectivity index (χ2v) is 6.95. The molecule has 0 atom stereocenters. The van der Waals surface area contributed by atoms with Crippen LogP contribution in [-0.4, -0.2) is 71.9 Å². The molecule has 9 nitrogen and oxygen atoms in total. The maximum absolute atomic E-state index is 9.00. The summed E-state index contributed by atoms with van der Waals surface area (Å²) in [6.45, 7) is 3.90. The molecule has 1 radical (unpaired) electrons. The van der Waals surface area contributed by atoms with E-state index < -0.39 is 20.7 Å². The van der Waals surface area contributed by atoms with Crippen molar-refractivity contribution in [2.75, 3.05) is 41.0 Å². The van der Waals surface area contributed by atoms with Gasteiger partial charge in [-0.3, -0.25) is 9.59 Å². The average Bonchev–Trinajstić information content (AvgIpc) is 2.42. The molecule has 0 bridgehead atoms. The number of rotatable bonds is 9. The van der Waals surface area contributed by atoms with Crippen LogP contribution in [0.2, 0.25) is 6.04 Å². The molecule has 0 aliphatic heterocycles. The normalized spacial score (nSPS) is 9.48. The summed E-state index contributed by atoms with van der Waals surface area (Å²) in [4.78, 5) is 18.0. The van der Waals surface area contributed by atoms with Crippen LogP contribution in [0.3, 0.4) is 0 Å². The van der Waals surface area contributed by atoms with Gasteiger partial charge in [-0.15, -0.1) is 6.54 Å². The second-order valence-electron chi connectivity index (χ2n) is 3.86. The monoisotopic (exact) mass is 403 g/mol. The van der Waals surface area contributed by atoms with Crippen molar-refractivity contribution in [3.05, 3.63) is 11.1 Å². The molecule has 0 aromatic heterocycles. The van der Waals surface area contributed by atoms with Crippen LogP contribution in [0.1, 0.15) is 20.3 Å². The van der Waals surface area contributed by atoms with Crippen molar-refractivity contribution < 1.29 is 50.1 Å². The van der Waals surface area contributed by atoms with E-state index >= 15 is 0 Å². The molecule has 0 amide bonds. The van der Waals surface area contributed by atoms with E-state index in [4.69, 9.17) is 38.8 Å². The van der Waals surface area contributed by atoms with Crippen LogP contribution in [0, 0.1) is 0 Å². The zero-order chi connectivity index (χ0) is 18.0. The molecule has 0 aromatic rings. The van der Waals surface area contributed by atoms with E-state index in [0.717, 1.165) is 32.9 Å². The summed E-state index contributed by atoms with van der Waals surface area (Å²) >= 11 is 0. The van der Waals surface area contributed by atoms with Crippen LogP contribution >= 0.6 is 0 Å². The average molecular weight is 404 g/mol. The van der Waals surface area contributed by atoms with Gasteiger partial charge < -0.3 is 34.5 Å². The summed E-state index contributed by atoms with van der Waals surface area (Å²) in [6, 6.07) is 0.776. The summed E-state index contributed by atoms with van der Waals surface area (Å²) in [5, 5.41) is 19.0. The molecule has 0 aliphatic rings. The van der Waals surface area contributed by atoms with Gasteiger partial charge in [-0.2, -0.15) is 13.1 Å². The van der Waals surface area contributed by atoms with Gasteiger partial charge in [0.1, 0.15) is 0 Å². The Labute approximate surface area is 149 Å². The van der Waals surface area contributed by atoms with Gasteiger partial charge in [0.25, 0.3) is 11.9 Å².